The molecule has 0 bridgehead atoms. The Kier molecular flexibility index (Phi) is 5.90. The number of nitrogens with one attached hydrogen (secondary N) is 1. The molecular formula is C20H17Br2N3O. The summed E-state index contributed by atoms with van der Waals surface area (Å²) in [4.78, 5) is 17.1. The van der Waals surface area contributed by atoms with Crippen LogP contribution in [0.5, 0.6) is 0 Å². The zero-order valence-corrected chi connectivity index (χ0v) is 17.2. The average molecular weight is 475 g/mol. The van der Waals surface area contributed by atoms with Crippen molar-refractivity contribution in [1.29, 1.82) is 5.26 Å². The minimum atomic E-state index is -0.404. The normalized spacial score (nSPS) is 16.1. The van der Waals surface area contributed by atoms with Crippen LogP contribution < -0.4 is 5.32 Å². The molecule has 4 nitrogen and oxygen atoms in total. The van der Waals surface area contributed by atoms with Crippen molar-refractivity contribution < 1.29 is 4.79 Å². The Bertz CT molecular complexity index is 882. The van der Waals surface area contributed by atoms with Gasteiger partial charge in [-0.2, -0.15) is 5.26 Å². The van der Waals surface area contributed by atoms with E-state index in [1.807, 2.05) is 42.5 Å². The molecule has 0 aliphatic heterocycles. The summed E-state index contributed by atoms with van der Waals surface area (Å²) in [5, 5.41) is 12.6. The van der Waals surface area contributed by atoms with Crippen molar-refractivity contribution >= 4 is 43.8 Å². The number of nitrogens with zero attached hydrogens (tertiary/aromatic N) is 2. The van der Waals surface area contributed by atoms with Crippen molar-refractivity contribution in [1.82, 2.24) is 10.3 Å². The van der Waals surface area contributed by atoms with Gasteiger partial charge in [-0.25, -0.2) is 0 Å². The van der Waals surface area contributed by atoms with Crippen LogP contribution in [0.25, 0.3) is 6.08 Å². The van der Waals surface area contributed by atoms with Crippen LogP contribution >= 0.6 is 31.9 Å². The maximum atomic E-state index is 12.8. The molecule has 0 saturated heterocycles. The number of amides is 1. The lowest BCUT2D eigenvalue weighted by molar-refractivity contribution is -0.119. The summed E-state index contributed by atoms with van der Waals surface area (Å²) < 4.78 is 1.53. The van der Waals surface area contributed by atoms with Crippen molar-refractivity contribution in [2.45, 2.75) is 31.2 Å². The minimum Gasteiger partial charge on any atom is -0.342 e. The molecule has 132 valence electrons. The summed E-state index contributed by atoms with van der Waals surface area (Å²) in [5.41, 5.74) is 1.27. The summed E-state index contributed by atoms with van der Waals surface area (Å²) in [7, 11) is 0. The van der Waals surface area contributed by atoms with E-state index in [9.17, 15) is 10.1 Å². The van der Waals surface area contributed by atoms with Gasteiger partial charge in [0.15, 0.2) is 0 Å². The molecule has 6 heteroatoms. The predicted octanol–water partition coefficient (Wildman–Crippen LogP) is 5.10. The van der Waals surface area contributed by atoms with Gasteiger partial charge in [-0.05, 0) is 62.4 Å². The third-order valence-electron chi connectivity index (χ3n) is 4.62. The highest BCUT2D eigenvalue weighted by Crippen LogP contribution is 2.39. The van der Waals surface area contributed by atoms with Gasteiger partial charge in [0.2, 0.25) is 0 Å². The number of benzene rings is 1. The van der Waals surface area contributed by atoms with Gasteiger partial charge in [-0.3, -0.25) is 9.78 Å². The van der Waals surface area contributed by atoms with Crippen molar-refractivity contribution in [2.24, 2.45) is 0 Å². The number of nitriles is 1. The van der Waals surface area contributed by atoms with Crippen LogP contribution in [-0.4, -0.2) is 10.9 Å². The first kappa shape index (κ1) is 18.8. The Morgan fingerprint density at radius 2 is 1.92 bits per heavy atom. The number of carbonyl (C=O) groups excluding carboxylic acids is 1. The summed E-state index contributed by atoms with van der Waals surface area (Å²) in [6, 6.07) is 13.8. The fraction of sp³-hybridized carbons (Fsp3) is 0.250. The van der Waals surface area contributed by atoms with E-state index >= 15 is 0 Å². The smallest absolute Gasteiger partial charge is 0.262 e. The second-order valence-electron chi connectivity index (χ2n) is 6.30. The Morgan fingerprint density at radius 1 is 1.23 bits per heavy atom. The van der Waals surface area contributed by atoms with E-state index in [1.165, 1.54) is 6.08 Å². The molecule has 1 fully saturated rings. The summed E-state index contributed by atoms with van der Waals surface area (Å²) in [5.74, 6) is -0.366. The number of halogens is 2. The van der Waals surface area contributed by atoms with Crippen LogP contribution in [-0.2, 0) is 10.3 Å². The number of carbonyl (C=O) groups is 1. The third kappa shape index (κ3) is 4.05. The molecule has 0 spiro atoms. The standard InChI is InChI=1S/C20H17Br2N3O/c21-16-11-17(22)18(24-13-16)10-14(12-23)19(26)25-20(8-4-5-9-20)15-6-2-1-3-7-15/h1-3,6-7,10-11,13H,4-5,8-9H2,(H,25,26). The predicted molar refractivity (Wildman–Crippen MR) is 108 cm³/mol. The van der Waals surface area contributed by atoms with E-state index in [0.29, 0.717) is 10.2 Å². The zero-order chi connectivity index (χ0) is 18.6. The molecule has 1 saturated carbocycles. The molecule has 0 unspecified atom stereocenters. The lowest BCUT2D eigenvalue weighted by Crippen LogP contribution is -2.44. The number of rotatable bonds is 4. The SMILES string of the molecule is N#CC(=Cc1ncc(Br)cc1Br)C(=O)NC1(c2ccccc2)CCCC1. The van der Waals surface area contributed by atoms with Gasteiger partial charge in [0.05, 0.1) is 11.2 Å². The van der Waals surface area contributed by atoms with E-state index in [0.717, 1.165) is 35.7 Å². The molecular weight excluding hydrogens is 458 g/mol. The van der Waals surface area contributed by atoms with E-state index in [1.54, 1.807) is 6.20 Å². The van der Waals surface area contributed by atoms with Gasteiger partial charge < -0.3 is 5.32 Å². The highest BCUT2D eigenvalue weighted by molar-refractivity contribution is 9.11. The van der Waals surface area contributed by atoms with Crippen molar-refractivity contribution in [3.63, 3.8) is 0 Å². The number of aromatic nitrogens is 1. The summed E-state index contributed by atoms with van der Waals surface area (Å²) >= 11 is 6.75. The second-order valence-corrected chi connectivity index (χ2v) is 8.07. The maximum absolute atomic E-state index is 12.8. The Hall–Kier alpha value is -1.97. The fourth-order valence-corrected chi connectivity index (χ4v) is 4.42. The second kappa shape index (κ2) is 8.15. The van der Waals surface area contributed by atoms with Gasteiger partial charge in [0.1, 0.15) is 11.6 Å². The number of hydrogen-bond donors (Lipinski definition) is 1. The molecule has 26 heavy (non-hydrogen) atoms. The number of hydrogen-bond acceptors (Lipinski definition) is 3. The lowest BCUT2D eigenvalue weighted by atomic mass is 9.88. The highest BCUT2D eigenvalue weighted by Gasteiger charge is 2.37. The van der Waals surface area contributed by atoms with E-state index in [2.05, 4.69) is 42.2 Å². The summed E-state index contributed by atoms with van der Waals surface area (Å²) in [6.07, 6.45) is 7.01. The fourth-order valence-electron chi connectivity index (χ4n) is 3.32. The van der Waals surface area contributed by atoms with E-state index < -0.39 is 5.54 Å². The van der Waals surface area contributed by atoms with Crippen LogP contribution in [0.4, 0.5) is 0 Å². The van der Waals surface area contributed by atoms with Gasteiger partial charge in [-0.15, -0.1) is 0 Å². The van der Waals surface area contributed by atoms with Crippen molar-refractivity contribution in [2.75, 3.05) is 0 Å². The highest BCUT2D eigenvalue weighted by atomic mass is 79.9. The largest absolute Gasteiger partial charge is 0.342 e. The molecule has 1 aromatic carbocycles. The van der Waals surface area contributed by atoms with E-state index in [-0.39, 0.29) is 11.5 Å². The Balaban J connectivity index is 1.89. The molecule has 1 heterocycles. The van der Waals surface area contributed by atoms with Crippen LogP contribution in [0.3, 0.4) is 0 Å². The molecule has 1 aliphatic carbocycles. The first-order chi connectivity index (χ1) is 12.5. The Labute approximate surface area is 169 Å². The van der Waals surface area contributed by atoms with E-state index in [4.69, 9.17) is 0 Å². The Morgan fingerprint density at radius 3 is 2.54 bits per heavy atom. The number of pyridine rings is 1. The molecule has 1 aliphatic rings. The minimum absolute atomic E-state index is 0.0442. The van der Waals surface area contributed by atoms with Crippen LogP contribution in [0.2, 0.25) is 0 Å². The first-order valence-electron chi connectivity index (χ1n) is 8.35. The molecule has 0 radical (unpaired) electrons. The van der Waals surface area contributed by atoms with Gasteiger partial charge in [0.25, 0.3) is 5.91 Å². The molecule has 2 aromatic rings. The molecule has 0 atom stereocenters. The quantitative estimate of drug-likeness (QED) is 0.495. The van der Waals surface area contributed by atoms with Crippen LogP contribution in [0, 0.1) is 11.3 Å². The monoisotopic (exact) mass is 473 g/mol. The van der Waals surface area contributed by atoms with Crippen molar-refractivity contribution in [3.05, 3.63) is 68.4 Å². The van der Waals surface area contributed by atoms with Gasteiger partial charge >= 0.3 is 0 Å². The van der Waals surface area contributed by atoms with Crippen molar-refractivity contribution in [3.8, 4) is 6.07 Å². The molecule has 1 N–H and O–H groups in total. The molecule has 3 rings (SSSR count). The van der Waals surface area contributed by atoms with Gasteiger partial charge in [0, 0.05) is 15.1 Å². The summed E-state index contributed by atoms with van der Waals surface area (Å²) in [6.45, 7) is 0. The maximum Gasteiger partial charge on any atom is 0.262 e. The topological polar surface area (TPSA) is 65.8 Å². The van der Waals surface area contributed by atoms with Crippen LogP contribution in [0.15, 0.2) is 57.1 Å². The van der Waals surface area contributed by atoms with Gasteiger partial charge in [-0.1, -0.05) is 43.2 Å². The lowest BCUT2D eigenvalue weighted by Gasteiger charge is -2.31. The average Bonchev–Trinajstić information content (AvgIpc) is 3.11. The first-order valence-corrected chi connectivity index (χ1v) is 9.93. The molecule has 1 amide bonds. The third-order valence-corrected chi connectivity index (χ3v) is 5.69. The van der Waals surface area contributed by atoms with Crippen LogP contribution in [0.1, 0.15) is 36.9 Å². The molecule has 1 aromatic heterocycles. The zero-order valence-electron chi connectivity index (χ0n) is 14.0.